The standard InChI is InChI=1S/C31H46N2O9/c1-31(2,3)27(28(38)33-15-8-10-23(33)29(39)40)32-30(41)42-16-7-5-4-6-9-22-21-13-11-19(12-14-25(35)36)17-20(21)18-24(34)26(22)37/h6,9,18-19,23,27-28,34,37-38H,4-5,7-8,10-17H2,1-3H3,(H,32,41)(H,35,36)(H,39,40). The highest BCUT2D eigenvalue weighted by Crippen LogP contribution is 2.40. The molecule has 0 bridgehead atoms. The molecule has 1 saturated heterocycles. The second kappa shape index (κ2) is 14.7. The Bertz CT molecular complexity index is 1140. The van der Waals surface area contributed by atoms with Gasteiger partial charge in [-0.15, -0.1) is 0 Å². The number of rotatable bonds is 13. The third-order valence-corrected chi connectivity index (χ3v) is 8.31. The van der Waals surface area contributed by atoms with Gasteiger partial charge < -0.3 is 35.6 Å². The summed E-state index contributed by atoms with van der Waals surface area (Å²) in [6.07, 6.45) is 7.84. The van der Waals surface area contributed by atoms with Gasteiger partial charge in [-0.2, -0.15) is 0 Å². The van der Waals surface area contributed by atoms with Crippen molar-refractivity contribution in [2.24, 2.45) is 11.3 Å². The van der Waals surface area contributed by atoms with Gasteiger partial charge in [0.2, 0.25) is 0 Å². The number of carboxylic acid groups (broad SMARTS) is 2. The van der Waals surface area contributed by atoms with Crippen molar-refractivity contribution in [2.75, 3.05) is 13.2 Å². The normalized spacial score (nSPS) is 20.7. The predicted octanol–water partition coefficient (Wildman–Crippen LogP) is 4.26. The Balaban J connectivity index is 1.47. The number of benzene rings is 1. The van der Waals surface area contributed by atoms with Gasteiger partial charge in [-0.25, -0.2) is 4.79 Å². The summed E-state index contributed by atoms with van der Waals surface area (Å²) < 4.78 is 5.34. The molecule has 11 nitrogen and oxygen atoms in total. The number of alkyl carbamates (subject to hydrolysis) is 1. The summed E-state index contributed by atoms with van der Waals surface area (Å²) in [5.41, 5.74) is 1.96. The van der Waals surface area contributed by atoms with E-state index in [1.165, 1.54) is 4.90 Å². The number of amides is 1. The number of aromatic hydroxyl groups is 2. The van der Waals surface area contributed by atoms with Crippen molar-refractivity contribution in [2.45, 2.75) is 103 Å². The molecule has 0 spiro atoms. The third-order valence-electron chi connectivity index (χ3n) is 8.31. The predicted molar refractivity (Wildman–Crippen MR) is 156 cm³/mol. The molecule has 6 N–H and O–H groups in total. The lowest BCUT2D eigenvalue weighted by Crippen LogP contribution is -2.59. The Morgan fingerprint density at radius 3 is 2.57 bits per heavy atom. The first-order chi connectivity index (χ1) is 19.8. The fourth-order valence-electron chi connectivity index (χ4n) is 5.97. The van der Waals surface area contributed by atoms with Gasteiger partial charge in [-0.3, -0.25) is 14.5 Å². The molecule has 3 rings (SSSR count). The molecule has 4 atom stereocenters. The largest absolute Gasteiger partial charge is 0.504 e. The average Bonchev–Trinajstić information content (AvgIpc) is 3.41. The van der Waals surface area contributed by atoms with E-state index in [9.17, 15) is 34.8 Å². The topological polar surface area (TPSA) is 177 Å². The molecular weight excluding hydrogens is 544 g/mol. The van der Waals surface area contributed by atoms with Crippen LogP contribution in [0, 0.1) is 11.3 Å². The van der Waals surface area contributed by atoms with E-state index < -0.39 is 41.8 Å². The number of ether oxygens (including phenoxy) is 1. The zero-order valence-corrected chi connectivity index (χ0v) is 24.8. The number of aliphatic hydroxyl groups excluding tert-OH is 1. The van der Waals surface area contributed by atoms with Crippen LogP contribution in [-0.2, 0) is 27.2 Å². The number of hydrogen-bond acceptors (Lipinski definition) is 8. The molecule has 0 saturated carbocycles. The number of phenolic OH excluding ortho intramolecular Hbond substituents is 2. The summed E-state index contributed by atoms with van der Waals surface area (Å²) in [6, 6.07) is 0.0563. The van der Waals surface area contributed by atoms with Crippen LogP contribution in [0.3, 0.4) is 0 Å². The molecule has 234 valence electrons. The smallest absolute Gasteiger partial charge is 0.407 e. The van der Waals surface area contributed by atoms with E-state index in [2.05, 4.69) is 5.32 Å². The van der Waals surface area contributed by atoms with Crippen LogP contribution in [0.25, 0.3) is 6.08 Å². The number of aliphatic hydroxyl groups is 1. The Kier molecular flexibility index (Phi) is 11.6. The lowest BCUT2D eigenvalue weighted by molar-refractivity contribution is -0.148. The average molecular weight is 591 g/mol. The zero-order valence-electron chi connectivity index (χ0n) is 24.8. The quantitative estimate of drug-likeness (QED) is 0.144. The second-order valence-electron chi connectivity index (χ2n) is 12.5. The molecule has 11 heteroatoms. The number of carbonyl (C=O) groups excluding carboxylic acids is 1. The molecule has 1 aromatic carbocycles. The first-order valence-corrected chi connectivity index (χ1v) is 14.8. The van der Waals surface area contributed by atoms with Crippen molar-refractivity contribution < 1.29 is 44.7 Å². The van der Waals surface area contributed by atoms with E-state index >= 15 is 0 Å². The number of phenols is 2. The van der Waals surface area contributed by atoms with Crippen LogP contribution < -0.4 is 5.32 Å². The summed E-state index contributed by atoms with van der Waals surface area (Å²) in [4.78, 5) is 36.6. The van der Waals surface area contributed by atoms with Crippen LogP contribution in [0.5, 0.6) is 11.5 Å². The fraction of sp³-hybridized carbons (Fsp3) is 0.645. The number of likely N-dealkylation sites (tertiary alicyclic amines) is 1. The maximum Gasteiger partial charge on any atom is 0.407 e. The second-order valence-corrected chi connectivity index (χ2v) is 12.5. The highest BCUT2D eigenvalue weighted by atomic mass is 16.5. The van der Waals surface area contributed by atoms with Gasteiger partial charge >= 0.3 is 18.0 Å². The van der Waals surface area contributed by atoms with E-state index in [0.29, 0.717) is 63.5 Å². The van der Waals surface area contributed by atoms with Crippen molar-refractivity contribution in [1.82, 2.24) is 10.2 Å². The van der Waals surface area contributed by atoms with Gasteiger partial charge in [-0.05, 0) is 86.3 Å². The number of aliphatic carboxylic acids is 2. The number of nitrogens with one attached hydrogen (secondary N) is 1. The van der Waals surface area contributed by atoms with Gasteiger partial charge in [0, 0.05) is 18.5 Å². The molecule has 1 aliphatic heterocycles. The van der Waals surface area contributed by atoms with E-state index in [-0.39, 0.29) is 30.4 Å². The highest BCUT2D eigenvalue weighted by molar-refractivity contribution is 5.74. The summed E-state index contributed by atoms with van der Waals surface area (Å²) >= 11 is 0. The minimum Gasteiger partial charge on any atom is -0.504 e. The van der Waals surface area contributed by atoms with Gasteiger partial charge in [-0.1, -0.05) is 32.9 Å². The summed E-state index contributed by atoms with van der Waals surface area (Å²) in [6.45, 7) is 6.18. The minimum absolute atomic E-state index is 0.118. The number of unbranched alkanes of at least 4 members (excludes halogenated alkanes) is 2. The van der Waals surface area contributed by atoms with Crippen molar-refractivity contribution >= 4 is 24.1 Å². The maximum absolute atomic E-state index is 12.5. The van der Waals surface area contributed by atoms with E-state index in [1.54, 1.807) is 12.1 Å². The molecule has 2 aliphatic rings. The lowest BCUT2D eigenvalue weighted by atomic mass is 9.79. The number of fused-ring (bicyclic) bond motifs is 1. The molecule has 0 aromatic heterocycles. The molecule has 0 radical (unpaired) electrons. The molecule has 42 heavy (non-hydrogen) atoms. The van der Waals surface area contributed by atoms with Crippen molar-refractivity contribution in [3.63, 3.8) is 0 Å². The SMILES string of the molecule is CC(C)(C)C(NC(=O)OCCCCC=Cc1c(O)c(O)cc2c1CCC(CCC(=O)O)C2)C(O)N1CCCC1C(=O)O. The Morgan fingerprint density at radius 2 is 1.90 bits per heavy atom. The van der Waals surface area contributed by atoms with Crippen molar-refractivity contribution in [3.05, 3.63) is 28.8 Å². The number of allylic oxidation sites excluding steroid dienone is 1. The number of carbonyl (C=O) groups is 3. The monoisotopic (exact) mass is 590 g/mol. The van der Waals surface area contributed by atoms with Crippen molar-refractivity contribution in [3.8, 4) is 11.5 Å². The summed E-state index contributed by atoms with van der Waals surface area (Å²) in [5.74, 6) is -1.92. The van der Waals surface area contributed by atoms with Crippen molar-refractivity contribution in [1.29, 1.82) is 0 Å². The summed E-state index contributed by atoms with van der Waals surface area (Å²) in [5, 5.41) is 52.9. The molecular formula is C31H46N2O9. The Labute approximate surface area is 247 Å². The van der Waals surface area contributed by atoms with Crippen LogP contribution in [0.4, 0.5) is 4.79 Å². The summed E-state index contributed by atoms with van der Waals surface area (Å²) in [7, 11) is 0. The van der Waals surface area contributed by atoms with E-state index in [1.807, 2.05) is 26.8 Å². The molecule has 1 aromatic rings. The van der Waals surface area contributed by atoms with Crippen LogP contribution >= 0.6 is 0 Å². The lowest BCUT2D eigenvalue weighted by Gasteiger charge is -2.39. The molecule has 1 heterocycles. The zero-order chi connectivity index (χ0) is 31.0. The first-order valence-electron chi connectivity index (χ1n) is 14.8. The molecule has 1 fully saturated rings. The van der Waals surface area contributed by atoms with E-state index in [0.717, 1.165) is 17.5 Å². The molecule has 1 amide bonds. The van der Waals surface area contributed by atoms with Gasteiger partial charge in [0.05, 0.1) is 12.6 Å². The third kappa shape index (κ3) is 8.84. The fourth-order valence-corrected chi connectivity index (χ4v) is 5.97. The number of hydrogen-bond donors (Lipinski definition) is 6. The van der Waals surface area contributed by atoms with E-state index in [4.69, 9.17) is 9.84 Å². The Hall–Kier alpha value is -3.31. The maximum atomic E-state index is 12.5. The van der Waals surface area contributed by atoms with Gasteiger partial charge in [0.15, 0.2) is 11.5 Å². The van der Waals surface area contributed by atoms with Crippen LogP contribution in [0.1, 0.15) is 88.8 Å². The Morgan fingerprint density at radius 1 is 1.17 bits per heavy atom. The van der Waals surface area contributed by atoms with Crippen LogP contribution in [0.15, 0.2) is 12.1 Å². The first kappa shape index (κ1) is 33.2. The highest BCUT2D eigenvalue weighted by Gasteiger charge is 2.42. The minimum atomic E-state index is -1.17. The molecule has 1 aliphatic carbocycles. The van der Waals surface area contributed by atoms with Gasteiger partial charge in [0.25, 0.3) is 0 Å². The van der Waals surface area contributed by atoms with Crippen LogP contribution in [-0.4, -0.2) is 79.9 Å². The number of nitrogens with zero attached hydrogens (tertiary/aromatic N) is 1. The number of carboxylic acids is 2. The van der Waals surface area contributed by atoms with Gasteiger partial charge in [0.1, 0.15) is 12.3 Å². The molecule has 4 unspecified atom stereocenters. The van der Waals surface area contributed by atoms with Crippen LogP contribution in [0.2, 0.25) is 0 Å².